The Morgan fingerprint density at radius 1 is 1.43 bits per heavy atom. The number of anilines is 2. The second-order valence-electron chi connectivity index (χ2n) is 5.70. The monoisotopic (exact) mass is 330 g/mol. The van der Waals surface area contributed by atoms with Crippen LogP contribution in [0, 0.1) is 5.92 Å². The van der Waals surface area contributed by atoms with Gasteiger partial charge in [0.2, 0.25) is 5.91 Å². The third-order valence-electron chi connectivity index (χ3n) is 3.68. The van der Waals surface area contributed by atoms with Gasteiger partial charge in [-0.3, -0.25) is 9.59 Å². The molecule has 0 fully saturated rings. The van der Waals surface area contributed by atoms with Crippen molar-refractivity contribution >= 4 is 34.0 Å². The summed E-state index contributed by atoms with van der Waals surface area (Å²) >= 11 is 1.35. The Labute approximate surface area is 138 Å². The third kappa shape index (κ3) is 3.19. The van der Waals surface area contributed by atoms with Crippen LogP contribution in [0.2, 0.25) is 0 Å². The molecule has 0 saturated carbocycles. The molecule has 1 aliphatic rings. The largest absolute Gasteiger partial charge is 0.364 e. The summed E-state index contributed by atoms with van der Waals surface area (Å²) in [6.45, 7) is 4.03. The van der Waals surface area contributed by atoms with Gasteiger partial charge in [-0.1, -0.05) is 26.0 Å². The molecule has 1 aliphatic heterocycles. The molecule has 1 aromatic heterocycles. The van der Waals surface area contributed by atoms with Gasteiger partial charge in [-0.25, -0.2) is 4.98 Å². The molecule has 0 aliphatic carbocycles. The summed E-state index contributed by atoms with van der Waals surface area (Å²) in [6.07, 6.45) is 1.40. The van der Waals surface area contributed by atoms with E-state index in [9.17, 15) is 9.59 Å². The number of fused-ring (bicyclic) bond motifs is 1. The minimum Gasteiger partial charge on any atom is -0.364 e. The fourth-order valence-corrected chi connectivity index (χ4v) is 3.15. The van der Waals surface area contributed by atoms with Crippen LogP contribution in [0.4, 0.5) is 10.8 Å². The van der Waals surface area contributed by atoms with Crippen LogP contribution in [0.1, 0.15) is 24.2 Å². The molecule has 3 rings (SSSR count). The lowest BCUT2D eigenvalue weighted by molar-refractivity contribution is -0.117. The number of amides is 2. The summed E-state index contributed by atoms with van der Waals surface area (Å²) in [6, 6.07) is 7.37. The summed E-state index contributed by atoms with van der Waals surface area (Å²) in [5.74, 6) is -0.215. The highest BCUT2D eigenvalue weighted by molar-refractivity contribution is 7.13. The van der Waals surface area contributed by atoms with Crippen molar-refractivity contribution in [1.82, 2.24) is 9.88 Å². The van der Waals surface area contributed by atoms with Crippen LogP contribution in [0.5, 0.6) is 0 Å². The van der Waals surface area contributed by atoms with Crippen molar-refractivity contribution in [2.24, 2.45) is 5.92 Å². The van der Waals surface area contributed by atoms with E-state index in [2.05, 4.69) is 15.6 Å². The number of hydrogen-bond donors (Lipinski definition) is 2. The summed E-state index contributed by atoms with van der Waals surface area (Å²) in [5, 5.41) is 8.40. The number of nitrogens with zero attached hydrogens (tertiary/aromatic N) is 2. The van der Waals surface area contributed by atoms with Crippen LogP contribution in [0.15, 0.2) is 35.8 Å². The zero-order valence-corrected chi connectivity index (χ0v) is 13.8. The average molecular weight is 330 g/mol. The van der Waals surface area contributed by atoms with E-state index in [4.69, 9.17) is 0 Å². The Morgan fingerprint density at radius 3 is 2.91 bits per heavy atom. The minimum atomic E-state index is -0.250. The Bertz CT molecular complexity index is 715. The molecule has 2 heterocycles. The van der Waals surface area contributed by atoms with Gasteiger partial charge in [0.05, 0.1) is 5.56 Å². The molecule has 0 radical (unpaired) electrons. The minimum absolute atomic E-state index is 0.0113. The van der Waals surface area contributed by atoms with Crippen molar-refractivity contribution in [2.75, 3.05) is 17.2 Å². The zero-order valence-electron chi connectivity index (χ0n) is 12.9. The van der Waals surface area contributed by atoms with Gasteiger partial charge in [-0.15, -0.1) is 11.3 Å². The van der Waals surface area contributed by atoms with E-state index in [1.807, 2.05) is 32.0 Å². The maximum Gasteiger partial charge on any atom is 0.258 e. The highest BCUT2D eigenvalue weighted by Crippen LogP contribution is 2.28. The number of nitrogens with one attached hydrogen (secondary N) is 2. The van der Waals surface area contributed by atoms with Crippen LogP contribution in [0.3, 0.4) is 0 Å². The fraction of sp³-hybridized carbons (Fsp3) is 0.312. The lowest BCUT2D eigenvalue weighted by atomic mass is 10.0. The highest BCUT2D eigenvalue weighted by Gasteiger charge is 2.34. The first-order valence-corrected chi connectivity index (χ1v) is 8.30. The van der Waals surface area contributed by atoms with Crippen LogP contribution < -0.4 is 10.6 Å². The molecule has 0 saturated heterocycles. The standard InChI is InChI=1S/C16H18N4O2S/c1-10(2)14-18-12-6-4-3-5-11(12)15(22)20(14)9-13(21)19-16-17-7-8-23-16/h3-8,10,14,18H,9H2,1-2H3,(H,17,19,21)/t14-/m0/s1. The van der Waals surface area contributed by atoms with Crippen molar-refractivity contribution in [3.8, 4) is 0 Å². The molecular weight excluding hydrogens is 312 g/mol. The van der Waals surface area contributed by atoms with Crippen molar-refractivity contribution in [3.05, 3.63) is 41.4 Å². The van der Waals surface area contributed by atoms with E-state index < -0.39 is 0 Å². The Kier molecular flexibility index (Phi) is 4.29. The first kappa shape index (κ1) is 15.5. The predicted molar refractivity (Wildman–Crippen MR) is 90.5 cm³/mol. The van der Waals surface area contributed by atoms with E-state index >= 15 is 0 Å². The van der Waals surface area contributed by atoms with Crippen molar-refractivity contribution in [2.45, 2.75) is 20.0 Å². The number of benzene rings is 1. The van der Waals surface area contributed by atoms with Gasteiger partial charge in [-0.05, 0) is 18.1 Å². The summed E-state index contributed by atoms with van der Waals surface area (Å²) < 4.78 is 0. The van der Waals surface area contributed by atoms with Crippen molar-refractivity contribution in [3.63, 3.8) is 0 Å². The average Bonchev–Trinajstić information content (AvgIpc) is 3.02. The molecule has 1 aromatic carbocycles. The fourth-order valence-electron chi connectivity index (χ4n) is 2.61. The van der Waals surface area contributed by atoms with E-state index in [1.165, 1.54) is 11.3 Å². The molecule has 2 amide bonds. The summed E-state index contributed by atoms with van der Waals surface area (Å²) in [5.41, 5.74) is 1.40. The smallest absolute Gasteiger partial charge is 0.258 e. The predicted octanol–water partition coefficient (Wildman–Crippen LogP) is 2.63. The molecule has 0 spiro atoms. The number of rotatable bonds is 4. The Balaban J connectivity index is 1.81. The van der Waals surface area contributed by atoms with E-state index in [0.717, 1.165) is 5.69 Å². The second-order valence-corrected chi connectivity index (χ2v) is 6.59. The topological polar surface area (TPSA) is 74.3 Å². The lowest BCUT2D eigenvalue weighted by Gasteiger charge is -2.39. The van der Waals surface area contributed by atoms with Crippen LogP contribution in [-0.4, -0.2) is 34.4 Å². The van der Waals surface area contributed by atoms with E-state index in [-0.39, 0.29) is 30.4 Å². The van der Waals surface area contributed by atoms with E-state index in [1.54, 1.807) is 22.5 Å². The van der Waals surface area contributed by atoms with Crippen LogP contribution >= 0.6 is 11.3 Å². The van der Waals surface area contributed by atoms with Crippen molar-refractivity contribution < 1.29 is 9.59 Å². The second kappa shape index (κ2) is 6.37. The maximum atomic E-state index is 12.8. The quantitative estimate of drug-likeness (QED) is 0.904. The summed E-state index contributed by atoms with van der Waals surface area (Å²) in [7, 11) is 0. The van der Waals surface area contributed by atoms with Crippen LogP contribution in [-0.2, 0) is 4.79 Å². The first-order chi connectivity index (χ1) is 11.1. The summed E-state index contributed by atoms with van der Waals surface area (Å²) in [4.78, 5) is 30.6. The molecule has 2 aromatic rings. The normalized spacial score (nSPS) is 16.9. The van der Waals surface area contributed by atoms with Gasteiger partial charge in [0, 0.05) is 17.3 Å². The number of para-hydroxylation sites is 1. The molecule has 0 unspecified atom stereocenters. The number of thiazole rings is 1. The van der Waals surface area contributed by atoms with Gasteiger partial charge in [0.1, 0.15) is 12.7 Å². The Morgan fingerprint density at radius 2 is 2.22 bits per heavy atom. The zero-order chi connectivity index (χ0) is 16.4. The SMILES string of the molecule is CC(C)[C@H]1Nc2ccccc2C(=O)N1CC(=O)Nc1nccs1. The molecule has 0 bridgehead atoms. The van der Waals surface area contributed by atoms with Gasteiger partial charge in [-0.2, -0.15) is 0 Å². The highest BCUT2D eigenvalue weighted by atomic mass is 32.1. The van der Waals surface area contributed by atoms with Gasteiger partial charge >= 0.3 is 0 Å². The molecule has 2 N–H and O–H groups in total. The number of aromatic nitrogens is 1. The van der Waals surface area contributed by atoms with Gasteiger partial charge < -0.3 is 15.5 Å². The molecule has 7 heteroatoms. The van der Waals surface area contributed by atoms with E-state index in [0.29, 0.717) is 10.7 Å². The number of carbonyl (C=O) groups is 2. The molecular formula is C16H18N4O2S. The maximum absolute atomic E-state index is 12.8. The molecule has 1 atom stereocenters. The first-order valence-electron chi connectivity index (χ1n) is 7.42. The molecule has 23 heavy (non-hydrogen) atoms. The number of carbonyl (C=O) groups excluding carboxylic acids is 2. The number of hydrogen-bond acceptors (Lipinski definition) is 5. The van der Waals surface area contributed by atoms with Gasteiger partial charge in [0.25, 0.3) is 5.91 Å². The van der Waals surface area contributed by atoms with Crippen LogP contribution in [0.25, 0.3) is 0 Å². The van der Waals surface area contributed by atoms with Gasteiger partial charge in [0.15, 0.2) is 5.13 Å². The molecule has 120 valence electrons. The molecule has 6 nitrogen and oxygen atoms in total. The van der Waals surface area contributed by atoms with Crippen molar-refractivity contribution in [1.29, 1.82) is 0 Å². The third-order valence-corrected chi connectivity index (χ3v) is 4.37. The lowest BCUT2D eigenvalue weighted by Crippen LogP contribution is -2.53. The Hall–Kier alpha value is -2.41.